The fraction of sp³-hybridized carbons (Fsp3) is 0.200. The molecule has 21 heavy (non-hydrogen) atoms. The van der Waals surface area contributed by atoms with E-state index in [2.05, 4.69) is 15.3 Å². The van der Waals surface area contributed by atoms with Gasteiger partial charge in [-0.15, -0.1) is 0 Å². The molecule has 2 heterocycles. The quantitative estimate of drug-likeness (QED) is 0.732. The van der Waals surface area contributed by atoms with Crippen molar-refractivity contribution in [2.75, 3.05) is 25.6 Å². The average Bonchev–Trinajstić information content (AvgIpc) is 2.93. The van der Waals surface area contributed by atoms with E-state index in [9.17, 15) is 4.39 Å². The molecule has 0 amide bonds. The van der Waals surface area contributed by atoms with Crippen molar-refractivity contribution in [3.63, 3.8) is 0 Å². The van der Waals surface area contributed by atoms with Crippen molar-refractivity contribution >= 4 is 11.5 Å². The van der Waals surface area contributed by atoms with Gasteiger partial charge in [-0.25, -0.2) is 14.4 Å². The van der Waals surface area contributed by atoms with Gasteiger partial charge in [0.25, 0.3) is 0 Å². The van der Waals surface area contributed by atoms with Gasteiger partial charge in [0.15, 0.2) is 11.5 Å². The molecule has 1 aromatic carbocycles. The van der Waals surface area contributed by atoms with Crippen molar-refractivity contribution in [1.82, 2.24) is 14.4 Å². The first-order valence-electron chi connectivity index (χ1n) is 6.61. The number of aromatic nitrogens is 3. The maximum absolute atomic E-state index is 13.9. The van der Waals surface area contributed by atoms with E-state index in [1.165, 1.54) is 6.07 Å². The molecule has 0 aliphatic heterocycles. The maximum Gasteiger partial charge on any atom is 0.180 e. The maximum atomic E-state index is 13.9. The molecular weight excluding hydrogens is 271 g/mol. The van der Waals surface area contributed by atoms with Crippen LogP contribution in [0.15, 0.2) is 42.9 Å². The van der Waals surface area contributed by atoms with E-state index in [0.29, 0.717) is 35.9 Å². The standard InChI is InChI=1S/C15H15FN4O/c1-21-9-7-18-14-15-19-10-13(20(15)8-6-17-14)11-4-2-3-5-12(11)16/h2-6,8,10H,7,9H2,1H3,(H,17,18). The zero-order chi connectivity index (χ0) is 14.7. The predicted molar refractivity (Wildman–Crippen MR) is 78.7 cm³/mol. The second-order valence-corrected chi connectivity index (χ2v) is 4.51. The molecule has 0 fully saturated rings. The zero-order valence-corrected chi connectivity index (χ0v) is 11.6. The number of nitrogens with zero attached hydrogens (tertiary/aromatic N) is 3. The minimum absolute atomic E-state index is 0.273. The lowest BCUT2D eigenvalue weighted by atomic mass is 10.1. The Kier molecular flexibility index (Phi) is 3.79. The molecule has 3 aromatic rings. The van der Waals surface area contributed by atoms with Crippen molar-refractivity contribution < 1.29 is 9.13 Å². The van der Waals surface area contributed by atoms with E-state index in [1.807, 2.05) is 4.40 Å². The third-order valence-corrected chi connectivity index (χ3v) is 3.18. The largest absolute Gasteiger partial charge is 0.383 e. The molecule has 6 heteroatoms. The van der Waals surface area contributed by atoms with E-state index in [0.717, 1.165) is 0 Å². The zero-order valence-electron chi connectivity index (χ0n) is 11.6. The molecule has 0 aliphatic carbocycles. The molecule has 2 aromatic heterocycles. The van der Waals surface area contributed by atoms with E-state index in [4.69, 9.17) is 4.74 Å². The summed E-state index contributed by atoms with van der Waals surface area (Å²) < 4.78 is 20.8. The van der Waals surface area contributed by atoms with Gasteiger partial charge in [0, 0.05) is 31.6 Å². The number of benzene rings is 1. The van der Waals surface area contributed by atoms with Crippen molar-refractivity contribution in [2.24, 2.45) is 0 Å². The van der Waals surface area contributed by atoms with Crippen molar-refractivity contribution in [3.8, 4) is 11.3 Å². The van der Waals surface area contributed by atoms with Gasteiger partial charge in [-0.1, -0.05) is 12.1 Å². The molecule has 0 radical (unpaired) electrons. The fourth-order valence-corrected chi connectivity index (χ4v) is 2.18. The highest BCUT2D eigenvalue weighted by atomic mass is 19.1. The van der Waals surface area contributed by atoms with Crippen LogP contribution < -0.4 is 5.32 Å². The molecular formula is C15H15FN4O. The van der Waals surface area contributed by atoms with Crippen LogP contribution in [0.1, 0.15) is 0 Å². The number of anilines is 1. The van der Waals surface area contributed by atoms with Gasteiger partial charge in [0.2, 0.25) is 0 Å². The minimum atomic E-state index is -0.273. The lowest BCUT2D eigenvalue weighted by Gasteiger charge is -2.07. The van der Waals surface area contributed by atoms with Crippen LogP contribution >= 0.6 is 0 Å². The van der Waals surface area contributed by atoms with Crippen LogP contribution in [0.2, 0.25) is 0 Å². The summed E-state index contributed by atoms with van der Waals surface area (Å²) >= 11 is 0. The monoisotopic (exact) mass is 286 g/mol. The Labute approximate surface area is 121 Å². The van der Waals surface area contributed by atoms with Crippen LogP contribution in [0.4, 0.5) is 10.2 Å². The summed E-state index contributed by atoms with van der Waals surface area (Å²) in [6, 6.07) is 6.64. The Morgan fingerprint density at radius 3 is 2.95 bits per heavy atom. The highest BCUT2D eigenvalue weighted by molar-refractivity contribution is 5.70. The molecule has 0 bridgehead atoms. The SMILES string of the molecule is COCCNc1nccn2c(-c3ccccc3F)cnc12. The minimum Gasteiger partial charge on any atom is -0.383 e. The number of hydrogen-bond donors (Lipinski definition) is 1. The lowest BCUT2D eigenvalue weighted by molar-refractivity contribution is 0.210. The van der Waals surface area contributed by atoms with Crippen LogP contribution in [0.5, 0.6) is 0 Å². The molecule has 1 N–H and O–H groups in total. The summed E-state index contributed by atoms with van der Waals surface area (Å²) in [7, 11) is 1.64. The fourth-order valence-electron chi connectivity index (χ4n) is 2.18. The molecule has 0 saturated heterocycles. The van der Waals surface area contributed by atoms with E-state index >= 15 is 0 Å². The second-order valence-electron chi connectivity index (χ2n) is 4.51. The van der Waals surface area contributed by atoms with Gasteiger partial charge in [0.1, 0.15) is 5.82 Å². The van der Waals surface area contributed by atoms with Crippen LogP contribution in [-0.4, -0.2) is 34.6 Å². The Morgan fingerprint density at radius 1 is 1.29 bits per heavy atom. The smallest absolute Gasteiger partial charge is 0.180 e. The Balaban J connectivity index is 2.03. The van der Waals surface area contributed by atoms with Crippen molar-refractivity contribution in [1.29, 1.82) is 0 Å². The number of ether oxygens (including phenoxy) is 1. The number of nitrogens with one attached hydrogen (secondary N) is 1. The van der Waals surface area contributed by atoms with Crippen LogP contribution in [0, 0.1) is 5.82 Å². The van der Waals surface area contributed by atoms with E-state index in [-0.39, 0.29) is 5.82 Å². The summed E-state index contributed by atoms with van der Waals surface area (Å²) in [5, 5.41) is 3.15. The normalized spacial score (nSPS) is 11.0. The predicted octanol–water partition coefficient (Wildman–Crippen LogP) is 2.59. The molecule has 0 spiro atoms. The van der Waals surface area contributed by atoms with Gasteiger partial charge in [-0.3, -0.25) is 4.40 Å². The van der Waals surface area contributed by atoms with Crippen molar-refractivity contribution in [3.05, 3.63) is 48.7 Å². The Morgan fingerprint density at radius 2 is 2.14 bits per heavy atom. The molecule has 0 aliphatic rings. The summed E-state index contributed by atoms with van der Waals surface area (Å²) in [5.41, 5.74) is 1.87. The Hall–Kier alpha value is -2.47. The molecule has 5 nitrogen and oxygen atoms in total. The first-order chi connectivity index (χ1) is 10.3. The van der Waals surface area contributed by atoms with E-state index < -0.39 is 0 Å². The number of methoxy groups -OCH3 is 1. The van der Waals surface area contributed by atoms with Crippen molar-refractivity contribution in [2.45, 2.75) is 0 Å². The van der Waals surface area contributed by atoms with Gasteiger partial charge >= 0.3 is 0 Å². The first-order valence-corrected chi connectivity index (χ1v) is 6.61. The van der Waals surface area contributed by atoms with Crippen LogP contribution in [0.25, 0.3) is 16.9 Å². The molecule has 3 rings (SSSR count). The number of imidazole rings is 1. The van der Waals surface area contributed by atoms with E-state index in [1.54, 1.807) is 43.9 Å². The first kappa shape index (κ1) is 13.5. The van der Waals surface area contributed by atoms with Gasteiger partial charge in [-0.2, -0.15) is 0 Å². The number of rotatable bonds is 5. The number of hydrogen-bond acceptors (Lipinski definition) is 4. The molecule has 0 saturated carbocycles. The third-order valence-electron chi connectivity index (χ3n) is 3.18. The Bertz CT molecular complexity index is 756. The topological polar surface area (TPSA) is 51.5 Å². The molecule has 0 unspecified atom stereocenters. The average molecular weight is 286 g/mol. The van der Waals surface area contributed by atoms with Crippen LogP contribution in [0.3, 0.4) is 0 Å². The third kappa shape index (κ3) is 2.57. The summed E-state index contributed by atoms with van der Waals surface area (Å²) in [6.07, 6.45) is 5.08. The highest BCUT2D eigenvalue weighted by Crippen LogP contribution is 2.25. The molecule has 108 valence electrons. The number of halogens is 1. The summed E-state index contributed by atoms with van der Waals surface area (Å²) in [4.78, 5) is 8.61. The lowest BCUT2D eigenvalue weighted by Crippen LogP contribution is -2.10. The van der Waals surface area contributed by atoms with Gasteiger partial charge in [0.05, 0.1) is 18.5 Å². The van der Waals surface area contributed by atoms with Crippen LogP contribution in [-0.2, 0) is 4.74 Å². The summed E-state index contributed by atoms with van der Waals surface area (Å²) in [5.74, 6) is 0.377. The highest BCUT2D eigenvalue weighted by Gasteiger charge is 2.12. The van der Waals surface area contributed by atoms with Gasteiger partial charge in [-0.05, 0) is 12.1 Å². The summed E-state index contributed by atoms with van der Waals surface area (Å²) in [6.45, 7) is 1.20. The van der Waals surface area contributed by atoms with Gasteiger partial charge < -0.3 is 10.1 Å². The number of fused-ring (bicyclic) bond motifs is 1. The molecule has 0 atom stereocenters. The second kappa shape index (κ2) is 5.88.